The van der Waals surface area contributed by atoms with Gasteiger partial charge in [0, 0.05) is 5.56 Å². The fraction of sp³-hybridized carbons (Fsp3) is 0. The van der Waals surface area contributed by atoms with E-state index < -0.39 is 10.1 Å². The number of H-pyrrole nitrogens is 1. The number of benzene rings is 3. The summed E-state index contributed by atoms with van der Waals surface area (Å²) in [4.78, 5) is 12.7. The molecule has 0 amide bonds. The number of nitrogens with one attached hydrogen (secondary N) is 1. The van der Waals surface area contributed by atoms with Gasteiger partial charge in [0.2, 0.25) is 0 Å². The number of rotatable bonds is 5. The summed E-state index contributed by atoms with van der Waals surface area (Å²) in [5.41, 5.74) is 1.91. The quantitative estimate of drug-likeness (QED) is 0.283. The van der Waals surface area contributed by atoms with Crippen LogP contribution in [0, 0.1) is 0 Å². The minimum absolute atomic E-state index is 0. The van der Waals surface area contributed by atoms with Crippen LogP contribution in [0.25, 0.3) is 16.9 Å². The number of nitrogens with zero attached hydrogens (tertiary/aromatic N) is 3. The summed E-state index contributed by atoms with van der Waals surface area (Å²) >= 11 is 0. The number of aromatic nitrogens is 2. The van der Waals surface area contributed by atoms with Crippen LogP contribution >= 0.6 is 0 Å². The maximum Gasteiger partial charge on any atom is 1.00 e. The number of aromatic amines is 1. The summed E-state index contributed by atoms with van der Waals surface area (Å²) in [6.07, 6.45) is 0. The van der Waals surface area contributed by atoms with Gasteiger partial charge in [-0.05, 0) is 36.4 Å². The van der Waals surface area contributed by atoms with Gasteiger partial charge < -0.3 is 4.55 Å². The van der Waals surface area contributed by atoms with Crippen molar-refractivity contribution in [2.45, 2.75) is 4.90 Å². The fourth-order valence-corrected chi connectivity index (χ4v) is 3.34. The van der Waals surface area contributed by atoms with Crippen molar-refractivity contribution in [3.05, 3.63) is 95.3 Å². The van der Waals surface area contributed by atoms with Crippen LogP contribution in [0.3, 0.4) is 0 Å². The van der Waals surface area contributed by atoms with Crippen molar-refractivity contribution >= 4 is 21.5 Å². The molecule has 0 unspecified atom stereocenters. The predicted octanol–water partition coefficient (Wildman–Crippen LogP) is 1.16. The standard InChI is InChI=1S/C21H16N4O4S.Na/c26-21-20(23-22-16-11-13-18(14-12-16)30(27,28)29)19(15-7-3-1-4-8-15)24-25(21)17-9-5-2-6-10-17;/h1-14,24H,(H,27,28,29);/q;+1/p-1. The van der Waals surface area contributed by atoms with Gasteiger partial charge in [-0.2, -0.15) is 5.11 Å². The molecule has 10 heteroatoms. The third kappa shape index (κ3) is 5.09. The van der Waals surface area contributed by atoms with Crippen LogP contribution in [0.2, 0.25) is 0 Å². The monoisotopic (exact) mass is 442 g/mol. The Labute approximate surface area is 200 Å². The first kappa shape index (κ1) is 22.9. The van der Waals surface area contributed by atoms with E-state index in [0.717, 1.165) is 17.7 Å². The molecule has 0 atom stereocenters. The zero-order chi connectivity index (χ0) is 21.1. The second-order valence-electron chi connectivity index (χ2n) is 6.33. The van der Waals surface area contributed by atoms with Gasteiger partial charge in [0.25, 0.3) is 5.56 Å². The third-order valence-electron chi connectivity index (χ3n) is 4.33. The van der Waals surface area contributed by atoms with Crippen LogP contribution in [0.1, 0.15) is 0 Å². The SMILES string of the molecule is O=c1c(N=Nc2ccc(S(=O)(=O)[O-])cc2)c(-c2ccccc2)[nH]n1-c1ccccc1.[Na+]. The summed E-state index contributed by atoms with van der Waals surface area (Å²) in [7, 11) is -4.54. The third-order valence-corrected chi connectivity index (χ3v) is 5.18. The zero-order valence-electron chi connectivity index (χ0n) is 16.5. The van der Waals surface area contributed by atoms with E-state index in [0.29, 0.717) is 17.1 Å². The molecule has 0 aliphatic heterocycles. The Morgan fingerprint density at radius 1 is 0.806 bits per heavy atom. The molecule has 1 heterocycles. The maximum atomic E-state index is 13.0. The minimum atomic E-state index is -4.54. The summed E-state index contributed by atoms with van der Waals surface area (Å²) < 4.78 is 34.5. The Balaban J connectivity index is 0.00000272. The van der Waals surface area contributed by atoms with E-state index in [9.17, 15) is 17.8 Å². The fourth-order valence-electron chi connectivity index (χ4n) is 2.87. The van der Waals surface area contributed by atoms with Gasteiger partial charge in [0.05, 0.1) is 22.0 Å². The van der Waals surface area contributed by atoms with E-state index >= 15 is 0 Å². The van der Waals surface area contributed by atoms with Crippen molar-refractivity contribution in [1.82, 2.24) is 9.78 Å². The number of hydrogen-bond acceptors (Lipinski definition) is 6. The van der Waals surface area contributed by atoms with Crippen molar-refractivity contribution < 1.29 is 42.5 Å². The smallest absolute Gasteiger partial charge is 0.744 e. The van der Waals surface area contributed by atoms with Crippen molar-refractivity contribution in [2.24, 2.45) is 10.2 Å². The molecule has 1 aromatic heterocycles. The molecular formula is C21H15N4NaO4S. The van der Waals surface area contributed by atoms with Crippen LogP contribution in [0.4, 0.5) is 11.4 Å². The number of azo groups is 1. The summed E-state index contributed by atoms with van der Waals surface area (Å²) in [5, 5.41) is 11.2. The second-order valence-corrected chi connectivity index (χ2v) is 7.71. The van der Waals surface area contributed by atoms with Gasteiger partial charge in [-0.25, -0.2) is 13.1 Å². The molecule has 0 saturated carbocycles. The second kappa shape index (κ2) is 9.54. The van der Waals surface area contributed by atoms with E-state index in [-0.39, 0.29) is 45.7 Å². The summed E-state index contributed by atoms with van der Waals surface area (Å²) in [6.45, 7) is 0. The Kier molecular flexibility index (Phi) is 7.04. The normalized spacial score (nSPS) is 11.4. The molecule has 0 aliphatic rings. The molecule has 0 radical (unpaired) electrons. The first-order valence-electron chi connectivity index (χ1n) is 8.87. The summed E-state index contributed by atoms with van der Waals surface area (Å²) in [6, 6.07) is 23.3. The van der Waals surface area contributed by atoms with Gasteiger partial charge in [0.15, 0.2) is 5.69 Å². The van der Waals surface area contributed by atoms with E-state index in [1.807, 2.05) is 48.5 Å². The molecule has 4 aromatic rings. The van der Waals surface area contributed by atoms with Gasteiger partial charge >= 0.3 is 29.6 Å². The molecule has 8 nitrogen and oxygen atoms in total. The van der Waals surface area contributed by atoms with E-state index in [1.54, 1.807) is 12.1 Å². The maximum absolute atomic E-state index is 13.0. The van der Waals surface area contributed by atoms with Crippen LogP contribution in [-0.4, -0.2) is 22.8 Å². The first-order chi connectivity index (χ1) is 14.4. The van der Waals surface area contributed by atoms with Gasteiger partial charge in [0.1, 0.15) is 10.1 Å². The van der Waals surface area contributed by atoms with Crippen LogP contribution in [0.15, 0.2) is 105 Å². The average molecular weight is 442 g/mol. The van der Waals surface area contributed by atoms with Crippen molar-refractivity contribution in [1.29, 1.82) is 0 Å². The van der Waals surface area contributed by atoms with Crippen molar-refractivity contribution in [3.63, 3.8) is 0 Å². The molecule has 0 fully saturated rings. The molecule has 3 aromatic carbocycles. The van der Waals surface area contributed by atoms with Gasteiger partial charge in [-0.15, -0.1) is 5.11 Å². The predicted molar refractivity (Wildman–Crippen MR) is 110 cm³/mol. The Bertz CT molecular complexity index is 1360. The van der Waals surface area contributed by atoms with Crippen LogP contribution in [0.5, 0.6) is 0 Å². The molecule has 0 aliphatic carbocycles. The molecule has 0 spiro atoms. The zero-order valence-corrected chi connectivity index (χ0v) is 19.3. The first-order valence-corrected chi connectivity index (χ1v) is 10.3. The van der Waals surface area contributed by atoms with Crippen LogP contribution < -0.4 is 35.1 Å². The topological polar surface area (TPSA) is 120 Å². The summed E-state index contributed by atoms with van der Waals surface area (Å²) in [5.74, 6) is 0. The van der Waals surface area contributed by atoms with Crippen molar-refractivity contribution in [3.8, 4) is 16.9 Å². The largest absolute Gasteiger partial charge is 1.00 e. The van der Waals surface area contributed by atoms with Crippen LogP contribution in [-0.2, 0) is 10.1 Å². The molecule has 0 saturated heterocycles. The minimum Gasteiger partial charge on any atom is -0.744 e. The number of hydrogen-bond donors (Lipinski definition) is 1. The van der Waals surface area contributed by atoms with Gasteiger partial charge in [-0.1, -0.05) is 48.5 Å². The molecule has 4 rings (SSSR count). The Hall–Kier alpha value is -2.82. The van der Waals surface area contributed by atoms with Gasteiger partial charge in [-0.3, -0.25) is 9.89 Å². The molecule has 150 valence electrons. The van der Waals surface area contributed by atoms with E-state index in [1.165, 1.54) is 16.8 Å². The molecule has 0 bridgehead atoms. The number of para-hydroxylation sites is 1. The molecular weight excluding hydrogens is 427 g/mol. The Morgan fingerprint density at radius 2 is 1.39 bits per heavy atom. The van der Waals surface area contributed by atoms with E-state index in [2.05, 4.69) is 15.3 Å². The molecule has 31 heavy (non-hydrogen) atoms. The molecule has 1 N–H and O–H groups in total. The Morgan fingerprint density at radius 3 is 1.97 bits per heavy atom. The average Bonchev–Trinajstić information content (AvgIpc) is 3.09. The van der Waals surface area contributed by atoms with E-state index in [4.69, 9.17) is 0 Å². The van der Waals surface area contributed by atoms with Crippen molar-refractivity contribution in [2.75, 3.05) is 0 Å².